The zero-order valence-electron chi connectivity index (χ0n) is 17.5. The van der Waals surface area contributed by atoms with Gasteiger partial charge in [0.05, 0.1) is 17.1 Å². The summed E-state index contributed by atoms with van der Waals surface area (Å²) in [6, 6.07) is 11.6. The van der Waals surface area contributed by atoms with Crippen LogP contribution in [-0.4, -0.2) is 48.7 Å². The summed E-state index contributed by atoms with van der Waals surface area (Å²) in [4.78, 5) is 18.0. The summed E-state index contributed by atoms with van der Waals surface area (Å²) in [5, 5.41) is 7.60. The van der Waals surface area contributed by atoms with Gasteiger partial charge in [0.2, 0.25) is 15.9 Å². The molecule has 2 aromatic carbocycles. The number of hydrogen-bond acceptors (Lipinski definition) is 6. The minimum absolute atomic E-state index is 0.0556. The van der Waals surface area contributed by atoms with E-state index in [1.165, 1.54) is 24.0 Å². The summed E-state index contributed by atoms with van der Waals surface area (Å²) >= 11 is 5.89. The zero-order chi connectivity index (χ0) is 22.9. The molecule has 0 spiro atoms. The number of carbonyl (C=O) groups is 1. The maximum absolute atomic E-state index is 12.8. The second-order valence-electron chi connectivity index (χ2n) is 7.45. The van der Waals surface area contributed by atoms with E-state index in [-0.39, 0.29) is 23.5 Å². The monoisotopic (exact) mass is 475 g/mol. The van der Waals surface area contributed by atoms with E-state index in [1.54, 1.807) is 18.2 Å². The van der Waals surface area contributed by atoms with Gasteiger partial charge in [-0.25, -0.2) is 18.1 Å². The van der Waals surface area contributed by atoms with Crippen LogP contribution in [0.3, 0.4) is 0 Å². The zero-order valence-corrected chi connectivity index (χ0v) is 19.1. The van der Waals surface area contributed by atoms with Crippen LogP contribution in [0.4, 0.5) is 5.69 Å². The van der Waals surface area contributed by atoms with Crippen LogP contribution in [0.2, 0.25) is 5.02 Å². The Morgan fingerprint density at radius 3 is 2.75 bits per heavy atom. The number of H-pyrrole nitrogens is 1. The maximum Gasteiger partial charge on any atom is 0.240 e. The van der Waals surface area contributed by atoms with Gasteiger partial charge in [-0.15, -0.1) is 0 Å². The molecule has 1 amide bonds. The van der Waals surface area contributed by atoms with Gasteiger partial charge in [0.1, 0.15) is 17.7 Å². The van der Waals surface area contributed by atoms with Crippen molar-refractivity contribution >= 4 is 33.2 Å². The van der Waals surface area contributed by atoms with E-state index in [1.807, 2.05) is 19.1 Å². The number of rotatable bonds is 6. The summed E-state index contributed by atoms with van der Waals surface area (Å²) in [6.45, 7) is 3.78. The number of anilines is 1. The molecule has 1 aliphatic rings. The number of halogens is 1. The number of hydrogen-bond donors (Lipinski definition) is 2. The highest BCUT2D eigenvalue weighted by atomic mass is 35.5. The van der Waals surface area contributed by atoms with Crippen molar-refractivity contribution in [3.63, 3.8) is 0 Å². The molecular formula is C21H22ClN5O4S. The molecule has 0 fully saturated rings. The number of nitrogens with zero attached hydrogens (tertiary/aromatic N) is 3. The highest BCUT2D eigenvalue weighted by Crippen LogP contribution is 2.35. The van der Waals surface area contributed by atoms with Gasteiger partial charge in [-0.1, -0.05) is 11.6 Å². The first-order valence-corrected chi connectivity index (χ1v) is 11.8. The molecule has 1 aliphatic heterocycles. The van der Waals surface area contributed by atoms with Crippen molar-refractivity contribution in [3.8, 4) is 17.1 Å². The number of fused-ring (bicyclic) bond motifs is 1. The van der Waals surface area contributed by atoms with Gasteiger partial charge in [0.25, 0.3) is 0 Å². The summed E-state index contributed by atoms with van der Waals surface area (Å²) < 4.78 is 33.9. The molecule has 0 saturated carbocycles. The van der Waals surface area contributed by atoms with E-state index in [0.29, 0.717) is 41.1 Å². The van der Waals surface area contributed by atoms with Crippen molar-refractivity contribution < 1.29 is 17.9 Å². The Labute approximate surface area is 190 Å². The Morgan fingerprint density at radius 2 is 2.03 bits per heavy atom. The minimum atomic E-state index is -3.80. The van der Waals surface area contributed by atoms with Crippen molar-refractivity contribution in [2.45, 2.75) is 31.3 Å². The Balaban J connectivity index is 1.44. The average Bonchev–Trinajstić information content (AvgIpc) is 3.22. The highest BCUT2D eigenvalue weighted by molar-refractivity contribution is 7.89. The van der Waals surface area contributed by atoms with Gasteiger partial charge in [0.15, 0.2) is 5.82 Å². The van der Waals surface area contributed by atoms with Crippen LogP contribution in [-0.2, 0) is 21.2 Å². The molecule has 0 aliphatic carbocycles. The quantitative estimate of drug-likeness (QED) is 0.566. The smallest absolute Gasteiger partial charge is 0.240 e. The fourth-order valence-corrected chi connectivity index (χ4v) is 4.58. The van der Waals surface area contributed by atoms with Crippen LogP contribution in [0.1, 0.15) is 19.7 Å². The molecule has 2 N–H and O–H groups in total. The third kappa shape index (κ3) is 4.77. The van der Waals surface area contributed by atoms with Crippen LogP contribution in [0.25, 0.3) is 11.4 Å². The average molecular weight is 476 g/mol. The Hall–Kier alpha value is -2.95. The lowest BCUT2D eigenvalue weighted by Gasteiger charge is -2.33. The van der Waals surface area contributed by atoms with E-state index < -0.39 is 10.0 Å². The van der Waals surface area contributed by atoms with Crippen LogP contribution in [0.15, 0.2) is 47.4 Å². The van der Waals surface area contributed by atoms with Crippen molar-refractivity contribution in [2.75, 3.05) is 18.0 Å². The van der Waals surface area contributed by atoms with Gasteiger partial charge in [-0.3, -0.25) is 9.89 Å². The standard InChI is InChI=1S/C21H22ClN5O4S/c1-13-12-27(14(2)28)18-11-17(7-8-19(18)31-13)32(29,30)23-10-9-20-24-21(26-25-20)15-3-5-16(22)6-4-15/h3-8,11,13,23H,9-10,12H2,1-2H3,(H,24,25,26). The normalized spacial score (nSPS) is 15.8. The second-order valence-corrected chi connectivity index (χ2v) is 9.65. The first kappa shape index (κ1) is 22.3. The fraction of sp³-hybridized carbons (Fsp3) is 0.286. The molecule has 9 nitrogen and oxygen atoms in total. The lowest BCUT2D eigenvalue weighted by atomic mass is 10.2. The molecule has 0 saturated heterocycles. The first-order valence-electron chi connectivity index (χ1n) is 9.98. The van der Waals surface area contributed by atoms with Crippen molar-refractivity contribution in [3.05, 3.63) is 53.3 Å². The van der Waals surface area contributed by atoms with Gasteiger partial charge in [-0.05, 0) is 49.4 Å². The SMILES string of the molecule is CC(=O)N1CC(C)Oc2ccc(S(=O)(=O)NCCc3nc(-c4ccc(Cl)cc4)n[nH]3)cc21. The molecule has 4 rings (SSSR count). The molecule has 32 heavy (non-hydrogen) atoms. The van der Waals surface area contributed by atoms with E-state index in [0.717, 1.165) is 5.56 Å². The molecule has 0 radical (unpaired) electrons. The summed E-state index contributed by atoms with van der Waals surface area (Å²) in [6.07, 6.45) is 0.150. The first-order chi connectivity index (χ1) is 15.2. The van der Waals surface area contributed by atoms with Crippen molar-refractivity contribution in [1.29, 1.82) is 0 Å². The lowest BCUT2D eigenvalue weighted by Crippen LogP contribution is -2.41. The Bertz CT molecular complexity index is 1240. The highest BCUT2D eigenvalue weighted by Gasteiger charge is 2.27. The largest absolute Gasteiger partial charge is 0.487 e. The Morgan fingerprint density at radius 1 is 1.28 bits per heavy atom. The number of nitrogens with one attached hydrogen (secondary N) is 2. The topological polar surface area (TPSA) is 117 Å². The molecule has 3 aromatic rings. The third-order valence-corrected chi connectivity index (χ3v) is 6.68. The van der Waals surface area contributed by atoms with Crippen molar-refractivity contribution in [1.82, 2.24) is 19.9 Å². The van der Waals surface area contributed by atoms with Crippen LogP contribution >= 0.6 is 11.6 Å². The molecule has 0 bridgehead atoms. The number of amides is 1. The van der Waals surface area contributed by atoms with Crippen LogP contribution < -0.4 is 14.4 Å². The van der Waals surface area contributed by atoms with Gasteiger partial charge < -0.3 is 9.64 Å². The van der Waals surface area contributed by atoms with Gasteiger partial charge >= 0.3 is 0 Å². The number of aromatic nitrogens is 3. The Kier molecular flexibility index (Phi) is 6.18. The second kappa shape index (κ2) is 8.89. The van der Waals surface area contributed by atoms with Gasteiger partial charge in [-0.2, -0.15) is 5.10 Å². The molecule has 1 atom stereocenters. The van der Waals surface area contributed by atoms with Crippen LogP contribution in [0, 0.1) is 0 Å². The molecule has 11 heteroatoms. The van der Waals surface area contributed by atoms with Crippen molar-refractivity contribution in [2.24, 2.45) is 0 Å². The number of aromatic amines is 1. The molecular weight excluding hydrogens is 454 g/mol. The molecule has 1 unspecified atom stereocenters. The number of benzene rings is 2. The van der Waals surface area contributed by atoms with Crippen LogP contribution in [0.5, 0.6) is 5.75 Å². The predicted molar refractivity (Wildman–Crippen MR) is 120 cm³/mol. The fourth-order valence-electron chi connectivity index (χ4n) is 3.40. The molecule has 2 heterocycles. The van der Waals surface area contributed by atoms with E-state index >= 15 is 0 Å². The lowest BCUT2D eigenvalue weighted by molar-refractivity contribution is -0.117. The predicted octanol–water partition coefficient (Wildman–Crippen LogP) is 2.78. The molecule has 1 aromatic heterocycles. The van der Waals surface area contributed by atoms with E-state index in [4.69, 9.17) is 16.3 Å². The number of ether oxygens (including phenoxy) is 1. The number of carbonyl (C=O) groups excluding carboxylic acids is 1. The summed E-state index contributed by atoms with van der Waals surface area (Å²) in [7, 11) is -3.80. The third-order valence-electron chi connectivity index (χ3n) is 4.97. The summed E-state index contributed by atoms with van der Waals surface area (Å²) in [5.74, 6) is 1.36. The van der Waals surface area contributed by atoms with E-state index in [9.17, 15) is 13.2 Å². The molecule has 168 valence electrons. The maximum atomic E-state index is 12.8. The van der Waals surface area contributed by atoms with E-state index in [2.05, 4.69) is 19.9 Å². The minimum Gasteiger partial charge on any atom is -0.487 e. The van der Waals surface area contributed by atoms with Gasteiger partial charge in [0, 0.05) is 30.5 Å². The number of sulfonamides is 1. The summed E-state index contributed by atoms with van der Waals surface area (Å²) in [5.41, 5.74) is 1.25.